The lowest BCUT2D eigenvalue weighted by molar-refractivity contribution is -0.384. The fraction of sp³-hybridized carbons (Fsp3) is 0.400. The van der Waals surface area contributed by atoms with Crippen LogP contribution in [0.1, 0.15) is 6.42 Å². The summed E-state index contributed by atoms with van der Waals surface area (Å²) in [6.07, 6.45) is 0.699. The van der Waals surface area contributed by atoms with Gasteiger partial charge < -0.3 is 10.1 Å². The Morgan fingerprint density at radius 2 is 2.31 bits per heavy atom. The highest BCUT2D eigenvalue weighted by molar-refractivity contribution is 5.61. The van der Waals surface area contributed by atoms with Crippen LogP contribution in [0.5, 0.6) is 0 Å². The summed E-state index contributed by atoms with van der Waals surface area (Å²) in [5.41, 5.74) is 0.0694. The predicted molar refractivity (Wildman–Crippen MR) is 58.0 cm³/mol. The van der Waals surface area contributed by atoms with Crippen LogP contribution in [0.2, 0.25) is 0 Å². The maximum Gasteiger partial charge on any atom is 0.292 e. The topological polar surface area (TPSA) is 64.4 Å². The molecule has 0 unspecified atom stereocenters. The molecule has 0 amide bonds. The van der Waals surface area contributed by atoms with E-state index in [1.807, 2.05) is 0 Å². The second-order valence-corrected chi connectivity index (χ2v) is 3.19. The number of nitro benzene ring substituents is 1. The van der Waals surface area contributed by atoms with E-state index in [9.17, 15) is 14.5 Å². The average molecular weight is 228 g/mol. The fourth-order valence-corrected chi connectivity index (χ4v) is 1.25. The number of anilines is 1. The second-order valence-electron chi connectivity index (χ2n) is 3.19. The van der Waals surface area contributed by atoms with Crippen LogP contribution in [0.3, 0.4) is 0 Å². The van der Waals surface area contributed by atoms with Crippen molar-refractivity contribution in [2.24, 2.45) is 0 Å². The number of hydrogen-bond acceptors (Lipinski definition) is 4. The smallest absolute Gasteiger partial charge is 0.292 e. The van der Waals surface area contributed by atoms with Crippen molar-refractivity contribution < 1.29 is 14.1 Å². The van der Waals surface area contributed by atoms with E-state index in [0.717, 1.165) is 18.2 Å². The Hall–Kier alpha value is -1.69. The fourth-order valence-electron chi connectivity index (χ4n) is 1.25. The number of hydrogen-bond donors (Lipinski definition) is 1. The van der Waals surface area contributed by atoms with Gasteiger partial charge in [-0.05, 0) is 12.5 Å². The van der Waals surface area contributed by atoms with E-state index in [2.05, 4.69) is 5.32 Å². The molecule has 0 bridgehead atoms. The van der Waals surface area contributed by atoms with Crippen LogP contribution in [-0.2, 0) is 4.74 Å². The highest BCUT2D eigenvalue weighted by Gasteiger charge is 2.13. The van der Waals surface area contributed by atoms with Gasteiger partial charge in [0.15, 0.2) is 0 Å². The van der Waals surface area contributed by atoms with Crippen molar-refractivity contribution in [1.82, 2.24) is 0 Å². The molecule has 0 aliphatic rings. The van der Waals surface area contributed by atoms with Gasteiger partial charge in [-0.2, -0.15) is 0 Å². The standard InChI is InChI=1S/C10H13FN2O3/c1-16-6-2-5-12-9-7-8(11)3-4-10(9)13(14)15/h3-4,7,12H,2,5-6H2,1H3. The normalized spacial score (nSPS) is 10.1. The third-order valence-electron chi connectivity index (χ3n) is 2.00. The molecule has 0 radical (unpaired) electrons. The van der Waals surface area contributed by atoms with Crippen molar-refractivity contribution >= 4 is 11.4 Å². The monoisotopic (exact) mass is 228 g/mol. The van der Waals surface area contributed by atoms with Gasteiger partial charge in [-0.25, -0.2) is 4.39 Å². The highest BCUT2D eigenvalue weighted by atomic mass is 19.1. The molecular formula is C10H13FN2O3. The first-order chi connectivity index (χ1) is 7.65. The molecule has 0 atom stereocenters. The van der Waals surface area contributed by atoms with Crippen molar-refractivity contribution in [2.45, 2.75) is 6.42 Å². The van der Waals surface area contributed by atoms with E-state index in [1.165, 1.54) is 0 Å². The summed E-state index contributed by atoms with van der Waals surface area (Å²) in [5, 5.41) is 13.4. The Labute approximate surface area is 92.4 Å². The number of methoxy groups -OCH3 is 1. The zero-order chi connectivity index (χ0) is 12.0. The van der Waals surface area contributed by atoms with Crippen molar-refractivity contribution in [2.75, 3.05) is 25.6 Å². The number of rotatable bonds is 6. The molecule has 0 aromatic heterocycles. The van der Waals surface area contributed by atoms with Gasteiger partial charge in [-0.3, -0.25) is 10.1 Å². The van der Waals surface area contributed by atoms with Gasteiger partial charge >= 0.3 is 0 Å². The summed E-state index contributed by atoms with van der Waals surface area (Å²) in [6, 6.07) is 3.33. The minimum absolute atomic E-state index is 0.126. The Morgan fingerprint density at radius 1 is 1.56 bits per heavy atom. The largest absolute Gasteiger partial charge is 0.385 e. The first kappa shape index (κ1) is 12.4. The number of nitro groups is 1. The molecule has 0 fully saturated rings. The summed E-state index contributed by atoms with van der Waals surface area (Å²) in [7, 11) is 1.57. The van der Waals surface area contributed by atoms with Crippen molar-refractivity contribution in [1.29, 1.82) is 0 Å². The first-order valence-electron chi connectivity index (χ1n) is 4.82. The molecule has 1 aromatic rings. The lowest BCUT2D eigenvalue weighted by Gasteiger charge is -2.06. The number of nitrogens with zero attached hydrogens (tertiary/aromatic N) is 1. The molecule has 1 N–H and O–H groups in total. The summed E-state index contributed by atoms with van der Waals surface area (Å²) in [5.74, 6) is -0.500. The highest BCUT2D eigenvalue weighted by Crippen LogP contribution is 2.24. The van der Waals surface area contributed by atoms with Crippen molar-refractivity contribution in [3.05, 3.63) is 34.1 Å². The summed E-state index contributed by atoms with van der Waals surface area (Å²) >= 11 is 0. The van der Waals surface area contributed by atoms with Gasteiger partial charge in [0, 0.05) is 32.4 Å². The Kier molecular flexibility index (Phi) is 4.65. The maximum absolute atomic E-state index is 12.9. The third-order valence-corrected chi connectivity index (χ3v) is 2.00. The molecule has 1 rings (SSSR count). The molecule has 0 aliphatic carbocycles. The quantitative estimate of drug-likeness (QED) is 0.460. The Balaban J connectivity index is 2.68. The van der Waals surface area contributed by atoms with E-state index in [1.54, 1.807) is 7.11 Å². The third kappa shape index (κ3) is 3.47. The lowest BCUT2D eigenvalue weighted by Crippen LogP contribution is -2.06. The van der Waals surface area contributed by atoms with Crippen LogP contribution in [0.25, 0.3) is 0 Å². The summed E-state index contributed by atoms with van der Waals surface area (Å²) < 4.78 is 17.7. The van der Waals surface area contributed by atoms with Crippen LogP contribution < -0.4 is 5.32 Å². The van der Waals surface area contributed by atoms with Gasteiger partial charge in [0.25, 0.3) is 5.69 Å². The van der Waals surface area contributed by atoms with Gasteiger partial charge in [0.05, 0.1) is 4.92 Å². The van der Waals surface area contributed by atoms with Crippen LogP contribution in [-0.4, -0.2) is 25.2 Å². The van der Waals surface area contributed by atoms with Crippen molar-refractivity contribution in [3.8, 4) is 0 Å². The zero-order valence-electron chi connectivity index (χ0n) is 8.90. The molecule has 16 heavy (non-hydrogen) atoms. The molecule has 0 saturated heterocycles. The maximum atomic E-state index is 12.9. The number of halogens is 1. The van der Waals surface area contributed by atoms with Crippen molar-refractivity contribution in [3.63, 3.8) is 0 Å². The molecule has 0 spiro atoms. The van der Waals surface area contributed by atoms with Gasteiger partial charge in [0.1, 0.15) is 11.5 Å². The lowest BCUT2D eigenvalue weighted by atomic mass is 10.2. The van der Waals surface area contributed by atoms with Crippen LogP contribution in [0.4, 0.5) is 15.8 Å². The molecule has 0 aliphatic heterocycles. The summed E-state index contributed by atoms with van der Waals surface area (Å²) in [4.78, 5) is 10.1. The van der Waals surface area contributed by atoms with Gasteiger partial charge in [-0.15, -0.1) is 0 Å². The molecule has 88 valence electrons. The predicted octanol–water partition coefficient (Wildman–Crippen LogP) is 2.18. The number of nitrogens with one attached hydrogen (secondary N) is 1. The van der Waals surface area contributed by atoms with E-state index >= 15 is 0 Å². The first-order valence-corrected chi connectivity index (χ1v) is 4.82. The van der Waals surface area contributed by atoms with E-state index in [4.69, 9.17) is 4.74 Å². The summed E-state index contributed by atoms with van der Waals surface area (Å²) in [6.45, 7) is 1.05. The number of benzene rings is 1. The average Bonchev–Trinajstić information content (AvgIpc) is 2.24. The van der Waals surface area contributed by atoms with E-state index < -0.39 is 10.7 Å². The SMILES string of the molecule is COCCCNc1cc(F)ccc1[N+](=O)[O-]. The van der Waals surface area contributed by atoms with Gasteiger partial charge in [-0.1, -0.05) is 0 Å². The van der Waals surface area contributed by atoms with E-state index in [-0.39, 0.29) is 11.4 Å². The molecule has 0 heterocycles. The van der Waals surface area contributed by atoms with Crippen LogP contribution >= 0.6 is 0 Å². The minimum Gasteiger partial charge on any atom is -0.385 e. The molecular weight excluding hydrogens is 215 g/mol. The molecule has 0 saturated carbocycles. The molecule has 5 nitrogen and oxygen atoms in total. The molecule has 6 heteroatoms. The van der Waals surface area contributed by atoms with Crippen LogP contribution in [0, 0.1) is 15.9 Å². The zero-order valence-corrected chi connectivity index (χ0v) is 8.90. The second kappa shape index (κ2) is 6.02. The number of ether oxygens (including phenoxy) is 1. The van der Waals surface area contributed by atoms with E-state index in [0.29, 0.717) is 19.6 Å². The Morgan fingerprint density at radius 3 is 2.94 bits per heavy atom. The molecule has 1 aromatic carbocycles. The van der Waals surface area contributed by atoms with Crippen LogP contribution in [0.15, 0.2) is 18.2 Å². The minimum atomic E-state index is -0.544. The van der Waals surface area contributed by atoms with Gasteiger partial charge in [0.2, 0.25) is 0 Å². The Bertz CT molecular complexity index is 371.